The Morgan fingerprint density at radius 1 is 1.07 bits per heavy atom. The molecule has 0 saturated carbocycles. The molecule has 1 N–H and O–H groups in total. The van der Waals surface area contributed by atoms with E-state index in [0.717, 1.165) is 58.8 Å². The quantitative estimate of drug-likeness (QED) is 0.488. The number of aryl methyl sites for hydroxylation is 1. The number of benzene rings is 2. The standard InChI is InChI=1S/C21H27N3O3/c1-5-22-18-14-21-19(12-15(18)2)23-17-7-6-16(13-20(17)27-21)24(8-10-25-3)9-11-26-4/h6-7,12-14H,5,8-11H2,1-4H3/p+1. The van der Waals surface area contributed by atoms with Crippen LogP contribution in [0.3, 0.4) is 0 Å². The highest BCUT2D eigenvalue weighted by Gasteiger charge is 2.14. The third kappa shape index (κ3) is 4.46. The minimum atomic E-state index is 0.653. The van der Waals surface area contributed by atoms with Gasteiger partial charge in [-0.3, -0.25) is 0 Å². The van der Waals surface area contributed by atoms with Gasteiger partial charge in [-0.05, 0) is 31.5 Å². The van der Waals surface area contributed by atoms with Crippen molar-refractivity contribution in [3.05, 3.63) is 41.3 Å². The van der Waals surface area contributed by atoms with Gasteiger partial charge >= 0.3 is 0 Å². The van der Waals surface area contributed by atoms with E-state index < -0.39 is 0 Å². The lowest BCUT2D eigenvalue weighted by molar-refractivity contribution is 0.170. The largest absolute Gasteiger partial charge is 0.452 e. The maximum absolute atomic E-state index is 6.20. The first-order valence-electron chi connectivity index (χ1n) is 9.31. The molecule has 0 radical (unpaired) electrons. The fourth-order valence-corrected chi connectivity index (χ4v) is 3.12. The molecule has 6 heteroatoms. The maximum Gasteiger partial charge on any atom is 0.203 e. The highest BCUT2D eigenvalue weighted by molar-refractivity contribution is 5.81. The van der Waals surface area contributed by atoms with Gasteiger partial charge in [-0.1, -0.05) is 0 Å². The molecule has 27 heavy (non-hydrogen) atoms. The molecule has 0 aromatic heterocycles. The van der Waals surface area contributed by atoms with Gasteiger partial charge in [0.25, 0.3) is 0 Å². The molecule has 1 aliphatic heterocycles. The van der Waals surface area contributed by atoms with Crippen molar-refractivity contribution in [2.45, 2.75) is 13.8 Å². The zero-order valence-electron chi connectivity index (χ0n) is 16.5. The molecule has 0 amide bonds. The molecule has 1 aromatic carbocycles. The Bertz CT molecular complexity index is 939. The predicted octanol–water partition coefficient (Wildman–Crippen LogP) is 2.74. The van der Waals surface area contributed by atoms with Crippen molar-refractivity contribution in [2.75, 3.05) is 52.4 Å². The molecule has 6 nitrogen and oxygen atoms in total. The smallest absolute Gasteiger partial charge is 0.203 e. The van der Waals surface area contributed by atoms with Crippen LogP contribution < -0.4 is 15.2 Å². The Morgan fingerprint density at radius 2 is 1.81 bits per heavy atom. The average Bonchev–Trinajstić information content (AvgIpc) is 2.67. The first kappa shape index (κ1) is 19.3. The number of ether oxygens (including phenoxy) is 2. The van der Waals surface area contributed by atoms with E-state index in [1.807, 2.05) is 18.2 Å². The molecule has 0 atom stereocenters. The number of anilines is 1. The summed E-state index contributed by atoms with van der Waals surface area (Å²) in [6.07, 6.45) is 0. The lowest BCUT2D eigenvalue weighted by Gasteiger charge is -2.11. The van der Waals surface area contributed by atoms with Gasteiger partial charge in [0.2, 0.25) is 5.36 Å². The maximum atomic E-state index is 6.20. The van der Waals surface area contributed by atoms with Crippen LogP contribution in [0.2, 0.25) is 0 Å². The van der Waals surface area contributed by atoms with E-state index in [4.69, 9.17) is 18.9 Å². The zero-order chi connectivity index (χ0) is 19.2. The normalized spacial score (nSPS) is 11.3. The van der Waals surface area contributed by atoms with Crippen LogP contribution in [0.15, 0.2) is 34.7 Å². The van der Waals surface area contributed by atoms with E-state index in [2.05, 4.69) is 35.9 Å². The third-order valence-electron chi connectivity index (χ3n) is 4.57. The summed E-state index contributed by atoms with van der Waals surface area (Å²) in [5.74, 6) is 0.770. The van der Waals surface area contributed by atoms with E-state index in [1.165, 1.54) is 0 Å². The first-order valence-corrected chi connectivity index (χ1v) is 9.31. The predicted molar refractivity (Wildman–Crippen MR) is 108 cm³/mol. The van der Waals surface area contributed by atoms with E-state index in [-0.39, 0.29) is 0 Å². The van der Waals surface area contributed by atoms with Crippen LogP contribution in [-0.4, -0.2) is 52.1 Å². The molecule has 144 valence electrons. The summed E-state index contributed by atoms with van der Waals surface area (Å²) >= 11 is 0. The van der Waals surface area contributed by atoms with Gasteiger partial charge in [0.1, 0.15) is 24.4 Å². The number of aromatic nitrogens is 1. The fraction of sp³-hybridized carbons (Fsp3) is 0.429. The lowest BCUT2D eigenvalue weighted by Crippen LogP contribution is -2.35. The summed E-state index contributed by atoms with van der Waals surface area (Å²) in [5.41, 5.74) is 4.73. The van der Waals surface area contributed by atoms with Gasteiger partial charge in [-0.15, -0.1) is 0 Å². The third-order valence-corrected chi connectivity index (χ3v) is 4.57. The Balaban J connectivity index is 2.12. The van der Waals surface area contributed by atoms with Gasteiger partial charge < -0.3 is 19.2 Å². The second-order valence-electron chi connectivity index (χ2n) is 6.50. The van der Waals surface area contributed by atoms with Crippen LogP contribution in [0.1, 0.15) is 12.5 Å². The number of rotatable bonds is 8. The molecule has 2 aliphatic rings. The van der Waals surface area contributed by atoms with Crippen LogP contribution in [0.5, 0.6) is 0 Å². The van der Waals surface area contributed by atoms with Crippen LogP contribution in [-0.2, 0) is 9.47 Å². The minimum Gasteiger partial charge on any atom is -0.452 e. The molecule has 1 heterocycles. The van der Waals surface area contributed by atoms with Gasteiger partial charge in [-0.2, -0.15) is 0 Å². The molecule has 0 fully saturated rings. The van der Waals surface area contributed by atoms with E-state index in [9.17, 15) is 0 Å². The summed E-state index contributed by atoms with van der Waals surface area (Å²) in [4.78, 5) is 4.78. The van der Waals surface area contributed by atoms with E-state index in [0.29, 0.717) is 13.2 Å². The lowest BCUT2D eigenvalue weighted by atomic mass is 10.1. The monoisotopic (exact) mass is 370 g/mol. The Labute approximate surface area is 159 Å². The number of hydrogen-bond donors (Lipinski definition) is 1. The molecule has 0 saturated heterocycles. The summed E-state index contributed by atoms with van der Waals surface area (Å²) in [6.45, 7) is 7.91. The van der Waals surface area contributed by atoms with Crippen LogP contribution >= 0.6 is 0 Å². The first-order chi connectivity index (χ1) is 13.2. The van der Waals surface area contributed by atoms with Gasteiger partial charge in [-0.25, -0.2) is 9.56 Å². The van der Waals surface area contributed by atoms with Crippen molar-refractivity contribution in [2.24, 2.45) is 0 Å². The molecule has 1 aromatic rings. The second kappa shape index (κ2) is 8.97. The SMILES string of the molecule is CCNc1cc2oc3cc(=[N+](CCOC)CCOC)ccc-3nc2cc1C. The van der Waals surface area contributed by atoms with E-state index in [1.54, 1.807) is 14.2 Å². The minimum absolute atomic E-state index is 0.653. The van der Waals surface area contributed by atoms with E-state index >= 15 is 0 Å². The van der Waals surface area contributed by atoms with Crippen molar-refractivity contribution in [1.82, 2.24) is 9.56 Å². The number of nitrogens with one attached hydrogen (secondary N) is 1. The van der Waals surface area contributed by atoms with Crippen LogP contribution in [0, 0.1) is 6.92 Å². The molecule has 1 aliphatic carbocycles. The van der Waals surface area contributed by atoms with Crippen molar-refractivity contribution >= 4 is 16.8 Å². The summed E-state index contributed by atoms with van der Waals surface area (Å²) < 4.78 is 18.9. The van der Waals surface area contributed by atoms with Crippen molar-refractivity contribution in [3.63, 3.8) is 0 Å². The average molecular weight is 370 g/mol. The molecular weight excluding hydrogens is 342 g/mol. The molecule has 0 unspecified atom stereocenters. The van der Waals surface area contributed by atoms with Crippen molar-refractivity contribution < 1.29 is 13.9 Å². The number of hydrogen-bond acceptors (Lipinski definition) is 5. The second-order valence-corrected chi connectivity index (χ2v) is 6.50. The Kier molecular flexibility index (Phi) is 6.42. The summed E-state index contributed by atoms with van der Waals surface area (Å²) in [7, 11) is 3.42. The topological polar surface area (TPSA) is 59.5 Å². The number of fused-ring (bicyclic) bond motifs is 2. The number of methoxy groups -OCH3 is 2. The van der Waals surface area contributed by atoms with Gasteiger partial charge in [0, 0.05) is 38.6 Å². The zero-order valence-corrected chi connectivity index (χ0v) is 16.5. The van der Waals surface area contributed by atoms with Gasteiger partial charge in [0.15, 0.2) is 24.4 Å². The molecular formula is C21H28N3O3+. The fourth-order valence-electron chi connectivity index (χ4n) is 3.12. The van der Waals surface area contributed by atoms with Crippen molar-refractivity contribution in [3.8, 4) is 11.5 Å². The summed E-state index contributed by atoms with van der Waals surface area (Å²) in [5, 5.41) is 4.44. The molecule has 0 spiro atoms. The number of nitrogens with zero attached hydrogens (tertiary/aromatic N) is 2. The van der Waals surface area contributed by atoms with Crippen LogP contribution in [0.25, 0.3) is 22.6 Å². The van der Waals surface area contributed by atoms with Gasteiger partial charge in [0.05, 0.1) is 6.07 Å². The highest BCUT2D eigenvalue weighted by atomic mass is 16.5. The van der Waals surface area contributed by atoms with Crippen LogP contribution in [0.4, 0.5) is 5.69 Å². The Morgan fingerprint density at radius 3 is 2.48 bits per heavy atom. The Hall–Kier alpha value is -2.44. The highest BCUT2D eigenvalue weighted by Crippen LogP contribution is 2.27. The molecule has 0 bridgehead atoms. The van der Waals surface area contributed by atoms with Crippen molar-refractivity contribution in [1.29, 1.82) is 0 Å². The summed E-state index contributed by atoms with van der Waals surface area (Å²) in [6, 6.07) is 10.2. The molecule has 3 rings (SSSR count).